The van der Waals surface area contributed by atoms with Crippen molar-refractivity contribution in [2.75, 3.05) is 20.2 Å². The summed E-state index contributed by atoms with van der Waals surface area (Å²) in [5, 5.41) is 5.09. The van der Waals surface area contributed by atoms with Crippen LogP contribution in [-0.2, 0) is 14.8 Å². The number of aryl methyl sites for hydroxylation is 1. The zero-order valence-electron chi connectivity index (χ0n) is 12.0. The van der Waals surface area contributed by atoms with Gasteiger partial charge < -0.3 is 9.64 Å². The Morgan fingerprint density at radius 3 is 2.55 bits per heavy atom. The van der Waals surface area contributed by atoms with Gasteiger partial charge in [-0.3, -0.25) is 4.79 Å². The van der Waals surface area contributed by atoms with Crippen molar-refractivity contribution >= 4 is 27.3 Å². The predicted octanol–water partition coefficient (Wildman–Crippen LogP) is 1.20. The number of thiophene rings is 1. The monoisotopic (exact) mass is 320 g/mol. The molecule has 2 N–H and O–H groups in total. The molecule has 0 fully saturated rings. The molecular formula is C12H20N2O4S2. The number of nitrogens with two attached hydrogens (primary N) is 1. The molecule has 1 rings (SSSR count). The summed E-state index contributed by atoms with van der Waals surface area (Å²) in [5.41, 5.74) is 0. The molecule has 0 radical (unpaired) electrons. The quantitative estimate of drug-likeness (QED) is 0.853. The molecule has 0 saturated heterocycles. The number of nitrogens with zero attached hydrogens (tertiary/aromatic N) is 1. The Labute approximate surface area is 123 Å². The van der Waals surface area contributed by atoms with E-state index in [0.29, 0.717) is 22.9 Å². The van der Waals surface area contributed by atoms with Gasteiger partial charge in [-0.15, -0.1) is 11.3 Å². The molecule has 1 aromatic heterocycles. The number of likely N-dealkylation sites (N-methyl/N-ethyl adjacent to an activating group) is 1. The van der Waals surface area contributed by atoms with Crippen molar-refractivity contribution in [2.45, 2.75) is 31.8 Å². The number of primary sulfonamides is 1. The second kappa shape index (κ2) is 6.66. The molecule has 0 spiro atoms. The van der Waals surface area contributed by atoms with E-state index in [-0.39, 0.29) is 16.9 Å². The van der Waals surface area contributed by atoms with E-state index < -0.39 is 10.0 Å². The molecule has 0 bridgehead atoms. The minimum Gasteiger partial charge on any atom is -0.377 e. The van der Waals surface area contributed by atoms with E-state index in [0.717, 1.165) is 11.3 Å². The smallest absolute Gasteiger partial charge is 0.263 e. The molecule has 0 aliphatic heterocycles. The van der Waals surface area contributed by atoms with Gasteiger partial charge in [0.2, 0.25) is 10.0 Å². The van der Waals surface area contributed by atoms with Gasteiger partial charge in [-0.05, 0) is 26.8 Å². The van der Waals surface area contributed by atoms with Gasteiger partial charge in [0, 0.05) is 18.5 Å². The molecular weight excluding hydrogens is 300 g/mol. The van der Waals surface area contributed by atoms with Crippen LogP contribution in [0.4, 0.5) is 0 Å². The molecule has 0 aliphatic carbocycles. The molecule has 114 valence electrons. The number of amides is 1. The van der Waals surface area contributed by atoms with E-state index >= 15 is 0 Å². The lowest BCUT2D eigenvalue weighted by Gasteiger charge is -2.17. The maximum atomic E-state index is 12.2. The molecule has 0 atom stereocenters. The van der Waals surface area contributed by atoms with E-state index in [2.05, 4.69) is 0 Å². The van der Waals surface area contributed by atoms with Gasteiger partial charge in [0.05, 0.1) is 22.5 Å². The molecule has 1 amide bonds. The zero-order valence-corrected chi connectivity index (χ0v) is 13.7. The van der Waals surface area contributed by atoms with Crippen LogP contribution in [0.15, 0.2) is 11.0 Å². The van der Waals surface area contributed by atoms with Crippen molar-refractivity contribution in [2.24, 2.45) is 5.14 Å². The second-order valence-electron chi connectivity index (χ2n) is 4.72. The minimum absolute atomic E-state index is 0.0117. The summed E-state index contributed by atoms with van der Waals surface area (Å²) in [5.74, 6) is -0.236. The number of carbonyl (C=O) groups excluding carboxylic acids is 1. The Hall–Kier alpha value is -0.960. The lowest BCUT2D eigenvalue weighted by atomic mass is 10.4. The van der Waals surface area contributed by atoms with Crippen LogP contribution in [-0.4, -0.2) is 45.5 Å². The molecule has 0 aliphatic rings. The largest absolute Gasteiger partial charge is 0.377 e. The van der Waals surface area contributed by atoms with Gasteiger partial charge >= 0.3 is 0 Å². The summed E-state index contributed by atoms with van der Waals surface area (Å²) in [6, 6.07) is 1.33. The van der Waals surface area contributed by atoms with Crippen LogP contribution in [0.5, 0.6) is 0 Å². The molecule has 1 heterocycles. The summed E-state index contributed by atoms with van der Waals surface area (Å²) in [7, 11) is -2.13. The highest BCUT2D eigenvalue weighted by Gasteiger charge is 2.21. The van der Waals surface area contributed by atoms with Crippen LogP contribution >= 0.6 is 11.3 Å². The number of carbonyl (C=O) groups is 1. The Bertz CT molecular complexity index is 578. The van der Waals surface area contributed by atoms with E-state index in [4.69, 9.17) is 9.88 Å². The van der Waals surface area contributed by atoms with E-state index in [1.54, 1.807) is 14.0 Å². The van der Waals surface area contributed by atoms with Crippen molar-refractivity contribution in [3.63, 3.8) is 0 Å². The summed E-state index contributed by atoms with van der Waals surface area (Å²) in [4.78, 5) is 14.5. The van der Waals surface area contributed by atoms with Crippen LogP contribution in [0.25, 0.3) is 0 Å². The first kappa shape index (κ1) is 17.1. The van der Waals surface area contributed by atoms with Crippen molar-refractivity contribution < 1.29 is 17.9 Å². The SMILES string of the molecule is Cc1sc(C(=O)N(C)CCOC(C)C)cc1S(N)(=O)=O. The fourth-order valence-corrected chi connectivity index (χ4v) is 3.71. The third-order valence-electron chi connectivity index (χ3n) is 2.61. The van der Waals surface area contributed by atoms with Gasteiger partial charge in [-0.1, -0.05) is 0 Å². The summed E-state index contributed by atoms with van der Waals surface area (Å²) in [6.45, 7) is 6.35. The third kappa shape index (κ3) is 4.55. The molecule has 0 aromatic carbocycles. The maximum Gasteiger partial charge on any atom is 0.263 e. The van der Waals surface area contributed by atoms with Crippen molar-refractivity contribution in [1.29, 1.82) is 0 Å². The molecule has 6 nitrogen and oxygen atoms in total. The van der Waals surface area contributed by atoms with E-state index in [1.807, 2.05) is 13.8 Å². The fourth-order valence-electron chi connectivity index (χ4n) is 1.57. The summed E-state index contributed by atoms with van der Waals surface area (Å²) in [6.07, 6.45) is 0.108. The van der Waals surface area contributed by atoms with Crippen molar-refractivity contribution in [1.82, 2.24) is 4.90 Å². The van der Waals surface area contributed by atoms with Gasteiger partial charge in [-0.25, -0.2) is 13.6 Å². The Kier molecular flexibility index (Phi) is 5.69. The van der Waals surface area contributed by atoms with E-state index in [9.17, 15) is 13.2 Å². The van der Waals surface area contributed by atoms with Gasteiger partial charge in [0.15, 0.2) is 0 Å². The van der Waals surface area contributed by atoms with Crippen LogP contribution in [0.1, 0.15) is 28.4 Å². The first-order chi connectivity index (χ1) is 9.12. The molecule has 1 aromatic rings. The number of hydrogen-bond donors (Lipinski definition) is 1. The van der Waals surface area contributed by atoms with Crippen LogP contribution < -0.4 is 5.14 Å². The predicted molar refractivity (Wildman–Crippen MR) is 78.5 cm³/mol. The average molecular weight is 320 g/mol. The van der Waals surface area contributed by atoms with Gasteiger partial charge in [-0.2, -0.15) is 0 Å². The number of ether oxygens (including phenoxy) is 1. The average Bonchev–Trinajstić information content (AvgIpc) is 2.69. The maximum absolute atomic E-state index is 12.2. The lowest BCUT2D eigenvalue weighted by molar-refractivity contribution is 0.0534. The number of sulfonamides is 1. The van der Waals surface area contributed by atoms with Gasteiger partial charge in [0.25, 0.3) is 5.91 Å². The fraction of sp³-hybridized carbons (Fsp3) is 0.583. The second-order valence-corrected chi connectivity index (χ2v) is 7.51. The third-order valence-corrected chi connectivity index (χ3v) is 4.82. The Morgan fingerprint density at radius 2 is 2.10 bits per heavy atom. The Morgan fingerprint density at radius 1 is 1.50 bits per heavy atom. The van der Waals surface area contributed by atoms with Crippen LogP contribution in [0.3, 0.4) is 0 Å². The molecule has 0 unspecified atom stereocenters. The van der Waals surface area contributed by atoms with Crippen LogP contribution in [0, 0.1) is 6.92 Å². The number of rotatable bonds is 6. The standard InChI is InChI=1S/C12H20N2O4S2/c1-8(2)18-6-5-14(4)12(15)10-7-11(9(3)19-10)20(13,16)17/h7-8H,5-6H2,1-4H3,(H2,13,16,17). The van der Waals surface area contributed by atoms with Crippen molar-refractivity contribution in [3.05, 3.63) is 15.8 Å². The molecule has 8 heteroatoms. The first-order valence-electron chi connectivity index (χ1n) is 6.13. The minimum atomic E-state index is -3.79. The van der Waals surface area contributed by atoms with Crippen molar-refractivity contribution in [3.8, 4) is 0 Å². The normalized spacial score (nSPS) is 11.9. The highest BCUT2D eigenvalue weighted by molar-refractivity contribution is 7.89. The highest BCUT2D eigenvalue weighted by Crippen LogP contribution is 2.25. The summed E-state index contributed by atoms with van der Waals surface area (Å²) < 4.78 is 28.1. The van der Waals surface area contributed by atoms with E-state index in [1.165, 1.54) is 11.0 Å². The lowest BCUT2D eigenvalue weighted by Crippen LogP contribution is -2.30. The summed E-state index contributed by atoms with van der Waals surface area (Å²) >= 11 is 1.13. The topological polar surface area (TPSA) is 89.7 Å². The molecule has 20 heavy (non-hydrogen) atoms. The molecule has 0 saturated carbocycles. The highest BCUT2D eigenvalue weighted by atomic mass is 32.2. The zero-order chi connectivity index (χ0) is 15.5. The Balaban J connectivity index is 2.78. The number of hydrogen-bond acceptors (Lipinski definition) is 5. The van der Waals surface area contributed by atoms with Crippen LogP contribution in [0.2, 0.25) is 0 Å². The van der Waals surface area contributed by atoms with Gasteiger partial charge in [0.1, 0.15) is 0 Å². The first-order valence-corrected chi connectivity index (χ1v) is 8.49.